The summed E-state index contributed by atoms with van der Waals surface area (Å²) < 4.78 is 16.4. The average Bonchev–Trinajstić information content (AvgIpc) is 3.94. The first-order chi connectivity index (χ1) is 28.9. The quantitative estimate of drug-likeness (QED) is 0.101. The molecule has 0 atom stereocenters. The molecule has 6 aromatic rings. The number of aryl methyl sites for hydroxylation is 6. The van der Waals surface area contributed by atoms with E-state index in [0.29, 0.717) is 57.9 Å². The van der Waals surface area contributed by atoms with E-state index in [0.717, 1.165) is 11.1 Å². The Labute approximate surface area is 349 Å². The molecule has 0 radical (unpaired) electrons. The van der Waals surface area contributed by atoms with Crippen molar-refractivity contribution in [3.63, 3.8) is 0 Å². The van der Waals surface area contributed by atoms with Crippen molar-refractivity contribution in [3.05, 3.63) is 98.7 Å². The first-order valence-corrected chi connectivity index (χ1v) is 19.7. The summed E-state index contributed by atoms with van der Waals surface area (Å²) >= 11 is 0. The molecular weight excluding hydrogens is 785 g/mol. The summed E-state index contributed by atoms with van der Waals surface area (Å²) in [5, 5.41) is 18.1. The van der Waals surface area contributed by atoms with Gasteiger partial charge in [-0.15, -0.1) is 0 Å². The van der Waals surface area contributed by atoms with Crippen LogP contribution in [0.1, 0.15) is 93.6 Å². The Balaban J connectivity index is 1.55. The lowest BCUT2D eigenvalue weighted by Crippen LogP contribution is -2.28. The van der Waals surface area contributed by atoms with Gasteiger partial charge in [0.15, 0.2) is 0 Å². The molecule has 0 unspecified atom stereocenters. The zero-order valence-corrected chi connectivity index (χ0v) is 35.5. The number of ether oxygens (including phenoxy) is 1. The summed E-state index contributed by atoms with van der Waals surface area (Å²) in [7, 11) is 3.46. The predicted molar refractivity (Wildman–Crippen MR) is 225 cm³/mol. The van der Waals surface area contributed by atoms with E-state index in [9.17, 15) is 29.1 Å². The maximum Gasteiger partial charge on any atom is 0.303 e. The molecule has 0 aliphatic rings. The second kappa shape index (κ2) is 17.5. The van der Waals surface area contributed by atoms with Crippen LogP contribution in [0.2, 0.25) is 0 Å². The van der Waals surface area contributed by atoms with Crippen LogP contribution in [-0.4, -0.2) is 79.1 Å². The minimum atomic E-state index is -0.979. The lowest BCUT2D eigenvalue weighted by atomic mass is 10.1. The van der Waals surface area contributed by atoms with Gasteiger partial charge in [-0.3, -0.25) is 33.3 Å². The van der Waals surface area contributed by atoms with E-state index in [2.05, 4.69) is 20.2 Å². The zero-order chi connectivity index (χ0) is 44.4. The van der Waals surface area contributed by atoms with Gasteiger partial charge in [0.25, 0.3) is 11.8 Å². The first kappa shape index (κ1) is 43.3. The van der Waals surface area contributed by atoms with Crippen LogP contribution in [0.4, 0.5) is 0 Å². The number of benzene rings is 2. The Hall–Kier alpha value is -7.31. The highest BCUT2D eigenvalue weighted by atomic mass is 16.5. The molecule has 0 spiro atoms. The number of carbonyl (C=O) groups excluding carboxylic acids is 4. The Morgan fingerprint density at radius 3 is 1.74 bits per heavy atom. The molecule has 61 heavy (non-hydrogen) atoms. The number of nitrogens with two attached hydrogens (primary N) is 2. The van der Waals surface area contributed by atoms with Crippen molar-refractivity contribution in [1.82, 2.24) is 37.8 Å². The van der Waals surface area contributed by atoms with Crippen molar-refractivity contribution in [2.24, 2.45) is 35.5 Å². The van der Waals surface area contributed by atoms with E-state index in [-0.39, 0.29) is 60.7 Å². The van der Waals surface area contributed by atoms with Crippen LogP contribution < -0.4 is 27.4 Å². The van der Waals surface area contributed by atoms with E-state index in [4.69, 9.17) is 16.2 Å². The van der Waals surface area contributed by atoms with Crippen LogP contribution in [0.15, 0.2) is 63.6 Å². The van der Waals surface area contributed by atoms with E-state index < -0.39 is 29.6 Å². The predicted octanol–water partition coefficient (Wildman–Crippen LogP) is 3.28. The van der Waals surface area contributed by atoms with Crippen LogP contribution in [0.3, 0.4) is 0 Å². The Kier molecular flexibility index (Phi) is 12.4. The molecule has 4 heterocycles. The average molecular weight is 835 g/mol. The number of carbonyl (C=O) groups is 5. The highest BCUT2D eigenvalue weighted by Gasteiger charge is 2.22. The fourth-order valence-corrected chi connectivity index (χ4v) is 7.27. The van der Waals surface area contributed by atoms with Gasteiger partial charge in [-0.05, 0) is 90.4 Å². The molecule has 0 fully saturated rings. The van der Waals surface area contributed by atoms with Crippen LogP contribution in [0.5, 0.6) is 5.75 Å². The third-order valence-electron chi connectivity index (χ3n) is 10.5. The Morgan fingerprint density at radius 1 is 0.705 bits per heavy atom. The zero-order valence-electron chi connectivity index (χ0n) is 35.5. The van der Waals surface area contributed by atoms with Gasteiger partial charge in [-0.1, -0.05) is 11.1 Å². The molecule has 4 aromatic heterocycles. The van der Waals surface area contributed by atoms with Gasteiger partial charge in [0.1, 0.15) is 22.7 Å². The fraction of sp³-hybridized carbons (Fsp3) is 0.357. The molecule has 19 nitrogen and oxygen atoms in total. The number of allylic oxidation sites excluding steroid dienone is 2. The molecule has 4 amide bonds. The summed E-state index contributed by atoms with van der Waals surface area (Å²) in [6.45, 7) is 12.5. The number of hydrogen-bond acceptors (Lipinski definition) is 8. The molecule has 0 saturated carbocycles. The molecule has 320 valence electrons. The number of carboxylic acids is 1. The van der Waals surface area contributed by atoms with Crippen LogP contribution in [0.25, 0.3) is 22.1 Å². The maximum atomic E-state index is 13.9. The smallest absolute Gasteiger partial charge is 0.303 e. The second-order valence-corrected chi connectivity index (χ2v) is 14.9. The topological polar surface area (TPSA) is 247 Å². The summed E-state index contributed by atoms with van der Waals surface area (Å²) in [6.07, 6.45) is 0.0591. The number of fused-ring (bicyclic) bond motifs is 2. The van der Waals surface area contributed by atoms with E-state index >= 15 is 0 Å². The SMILES string of the molecule is CCn1nc(C)cc1C(=O)/N=c1\n(C)c2cc(C(N)=O)ccc2n1C/C(C)=C(\C)Cn1/c(=N/C(=O)c2cc(C)nn2CC)n(C)c2cc(C(N)=O)cc(OCCCC(=O)O)c21. The molecule has 0 bridgehead atoms. The van der Waals surface area contributed by atoms with Gasteiger partial charge in [-0.25, -0.2) is 0 Å². The van der Waals surface area contributed by atoms with E-state index in [1.165, 1.54) is 6.07 Å². The van der Waals surface area contributed by atoms with Crippen LogP contribution in [-0.2, 0) is 45.1 Å². The second-order valence-electron chi connectivity index (χ2n) is 14.9. The van der Waals surface area contributed by atoms with Crippen molar-refractivity contribution in [2.75, 3.05) is 6.61 Å². The standard InChI is InChI=1S/C42H50N12O7/c1-9-53-32(16-25(5)47-53)39(59)45-41-49(7)30-18-27(37(43)57)13-14-29(30)51(41)21-23(3)24(4)22-52-36-31(19-28(38(44)58)20-34(36)61-15-11-12-35(55)56)50(8)42(52)46-40(60)33-17-26(6)48-54(33)10-2/h13-14,16-20H,9-12,15,21-22H2,1-8H3,(H2,43,57)(H2,44,58)(H,55,56)/b24-23+,45-41+,46-42+. The van der Waals surface area contributed by atoms with E-state index in [1.807, 2.05) is 32.3 Å². The molecule has 0 aliphatic carbocycles. The maximum absolute atomic E-state index is 13.9. The minimum Gasteiger partial charge on any atom is -0.491 e. The van der Waals surface area contributed by atoms with Crippen molar-refractivity contribution in [2.45, 2.75) is 80.6 Å². The third kappa shape index (κ3) is 8.71. The number of amides is 4. The highest BCUT2D eigenvalue weighted by Crippen LogP contribution is 2.29. The van der Waals surface area contributed by atoms with Crippen LogP contribution >= 0.6 is 0 Å². The van der Waals surface area contributed by atoms with Crippen LogP contribution in [0, 0.1) is 13.8 Å². The number of aliphatic carboxylic acids is 1. The third-order valence-corrected chi connectivity index (χ3v) is 10.5. The summed E-state index contributed by atoms with van der Waals surface area (Å²) in [5.74, 6) is -3.09. The highest BCUT2D eigenvalue weighted by molar-refractivity contribution is 5.99. The molecule has 19 heteroatoms. The van der Waals surface area contributed by atoms with Gasteiger partial charge >= 0.3 is 5.97 Å². The molecule has 0 saturated heterocycles. The van der Waals surface area contributed by atoms with Gasteiger partial charge in [0, 0.05) is 57.8 Å². The van der Waals surface area contributed by atoms with Gasteiger partial charge in [0.05, 0.1) is 34.5 Å². The molecular formula is C42H50N12O7. The molecule has 5 N–H and O–H groups in total. The summed E-state index contributed by atoms with van der Waals surface area (Å²) in [4.78, 5) is 73.1. The normalized spacial score (nSPS) is 12.7. The number of aromatic nitrogens is 8. The number of nitrogens with zero attached hydrogens (tertiary/aromatic N) is 10. The number of rotatable bonds is 15. The van der Waals surface area contributed by atoms with Gasteiger partial charge in [-0.2, -0.15) is 20.2 Å². The number of imidazole rings is 2. The number of hydrogen-bond donors (Lipinski definition) is 3. The Bertz CT molecular complexity index is 2950. The minimum absolute atomic E-state index is 0.0194. The number of primary amides is 2. The molecule has 2 aromatic carbocycles. The largest absolute Gasteiger partial charge is 0.491 e. The summed E-state index contributed by atoms with van der Waals surface area (Å²) in [5.41, 5.74) is 18.3. The van der Waals surface area contributed by atoms with Crippen molar-refractivity contribution in [1.29, 1.82) is 0 Å². The summed E-state index contributed by atoms with van der Waals surface area (Å²) in [6, 6.07) is 11.5. The van der Waals surface area contributed by atoms with Crippen molar-refractivity contribution >= 4 is 51.7 Å². The fourth-order valence-electron chi connectivity index (χ4n) is 7.27. The first-order valence-electron chi connectivity index (χ1n) is 19.7. The van der Waals surface area contributed by atoms with Crippen molar-refractivity contribution < 1.29 is 33.8 Å². The molecule has 6 rings (SSSR count). The lowest BCUT2D eigenvalue weighted by molar-refractivity contribution is -0.137. The number of carboxylic acid groups (broad SMARTS) is 1. The van der Waals surface area contributed by atoms with Gasteiger partial charge in [0.2, 0.25) is 23.1 Å². The molecule has 0 aliphatic heterocycles. The van der Waals surface area contributed by atoms with Crippen molar-refractivity contribution in [3.8, 4) is 5.75 Å². The van der Waals surface area contributed by atoms with Gasteiger partial charge < -0.3 is 39.6 Å². The monoisotopic (exact) mass is 834 g/mol. The lowest BCUT2D eigenvalue weighted by Gasteiger charge is -2.14. The Morgan fingerprint density at radius 2 is 1.21 bits per heavy atom. The van der Waals surface area contributed by atoms with E-state index in [1.54, 1.807) is 87.4 Å².